The normalized spacial score (nSPS) is 16.7. The molecule has 0 bridgehead atoms. The summed E-state index contributed by atoms with van der Waals surface area (Å²) in [6.07, 6.45) is 2.67. The van der Waals surface area contributed by atoms with Gasteiger partial charge in [0, 0.05) is 6.54 Å². The largest absolute Gasteiger partial charge is 0.356 e. The minimum Gasteiger partial charge on any atom is -0.356 e. The van der Waals surface area contributed by atoms with Gasteiger partial charge in [0.25, 0.3) is 0 Å². The summed E-state index contributed by atoms with van der Waals surface area (Å²) in [5.41, 5.74) is 1.73. The fourth-order valence-corrected chi connectivity index (χ4v) is 3.90. The van der Waals surface area contributed by atoms with Crippen molar-refractivity contribution in [2.45, 2.75) is 37.5 Å². The molecule has 0 saturated heterocycles. The summed E-state index contributed by atoms with van der Waals surface area (Å²) in [7, 11) is -3.10. The average molecular weight is 281 g/mol. The predicted octanol–water partition coefficient (Wildman–Crippen LogP) is 1.48. The average Bonchev–Trinajstić information content (AvgIpc) is 2.35. The molecule has 1 N–H and O–H groups in total. The number of nitrogens with one attached hydrogen (secondary N) is 1. The van der Waals surface area contributed by atoms with Crippen LogP contribution >= 0.6 is 0 Å². The molecule has 1 aliphatic heterocycles. The van der Waals surface area contributed by atoms with E-state index in [9.17, 15) is 13.2 Å². The quantitative estimate of drug-likeness (QED) is 0.909. The van der Waals surface area contributed by atoms with Crippen LogP contribution in [0.4, 0.5) is 0 Å². The Hall–Kier alpha value is -1.36. The summed E-state index contributed by atoms with van der Waals surface area (Å²) < 4.78 is 23.7. The van der Waals surface area contributed by atoms with E-state index in [2.05, 4.69) is 5.32 Å². The molecule has 0 saturated carbocycles. The summed E-state index contributed by atoms with van der Waals surface area (Å²) >= 11 is 0. The van der Waals surface area contributed by atoms with Crippen molar-refractivity contribution in [1.82, 2.24) is 5.32 Å². The number of carbonyl (C=O) groups excluding carboxylic acids is 1. The van der Waals surface area contributed by atoms with Gasteiger partial charge < -0.3 is 5.32 Å². The van der Waals surface area contributed by atoms with Gasteiger partial charge in [-0.1, -0.05) is 19.1 Å². The van der Waals surface area contributed by atoms with Crippen molar-refractivity contribution in [3.05, 3.63) is 29.3 Å². The number of aryl methyl sites for hydroxylation is 1. The summed E-state index contributed by atoms with van der Waals surface area (Å²) in [6, 6.07) is 5.25. The molecule has 0 aromatic heterocycles. The van der Waals surface area contributed by atoms with Crippen LogP contribution in [0, 0.1) is 0 Å². The molecule has 1 aromatic carbocycles. The molecule has 0 radical (unpaired) electrons. The molecule has 1 aromatic rings. The maximum atomic E-state index is 11.9. The Morgan fingerprint density at radius 1 is 1.37 bits per heavy atom. The molecule has 0 unspecified atom stereocenters. The van der Waals surface area contributed by atoms with Gasteiger partial charge in [0.05, 0.1) is 17.1 Å². The standard InChI is InChI=1S/C14H19NO3S/c1-2-7-15-14(16)10-11-5-6-13-12(9-11)4-3-8-19(13,17)18/h5-6,9H,2-4,7-8,10H2,1H3,(H,15,16). The lowest BCUT2D eigenvalue weighted by molar-refractivity contribution is -0.120. The van der Waals surface area contributed by atoms with E-state index in [0.29, 0.717) is 24.3 Å². The Morgan fingerprint density at radius 2 is 2.16 bits per heavy atom. The van der Waals surface area contributed by atoms with E-state index in [-0.39, 0.29) is 11.7 Å². The molecule has 1 aliphatic rings. The van der Waals surface area contributed by atoms with Gasteiger partial charge in [0.15, 0.2) is 9.84 Å². The maximum absolute atomic E-state index is 11.9. The van der Waals surface area contributed by atoms with E-state index in [1.165, 1.54) is 0 Å². The van der Waals surface area contributed by atoms with Gasteiger partial charge in [-0.3, -0.25) is 4.79 Å². The zero-order valence-electron chi connectivity index (χ0n) is 11.1. The van der Waals surface area contributed by atoms with Crippen LogP contribution < -0.4 is 5.32 Å². The van der Waals surface area contributed by atoms with E-state index in [1.54, 1.807) is 12.1 Å². The van der Waals surface area contributed by atoms with Crippen molar-refractivity contribution in [2.24, 2.45) is 0 Å². The molecule has 1 heterocycles. The van der Waals surface area contributed by atoms with Crippen LogP contribution in [-0.2, 0) is 27.5 Å². The van der Waals surface area contributed by atoms with Crippen LogP contribution in [0.3, 0.4) is 0 Å². The summed E-state index contributed by atoms with van der Waals surface area (Å²) in [5, 5.41) is 2.82. The fourth-order valence-electron chi connectivity index (χ4n) is 2.32. The Kier molecular flexibility index (Phi) is 4.24. The highest BCUT2D eigenvalue weighted by molar-refractivity contribution is 7.91. The van der Waals surface area contributed by atoms with Crippen molar-refractivity contribution in [3.63, 3.8) is 0 Å². The first kappa shape index (κ1) is 14.1. The Bertz CT molecular complexity index is 578. The minimum atomic E-state index is -3.10. The highest BCUT2D eigenvalue weighted by atomic mass is 32.2. The third-order valence-corrected chi connectivity index (χ3v) is 5.15. The molecular formula is C14H19NO3S. The first-order chi connectivity index (χ1) is 9.03. The van der Waals surface area contributed by atoms with Crippen LogP contribution in [0.1, 0.15) is 30.9 Å². The van der Waals surface area contributed by atoms with Gasteiger partial charge in [-0.25, -0.2) is 8.42 Å². The summed E-state index contributed by atoms with van der Waals surface area (Å²) in [6.45, 7) is 2.68. The second-order valence-corrected chi connectivity index (χ2v) is 6.97. The van der Waals surface area contributed by atoms with Crippen LogP contribution in [0.2, 0.25) is 0 Å². The van der Waals surface area contributed by atoms with Gasteiger partial charge in [-0.15, -0.1) is 0 Å². The summed E-state index contributed by atoms with van der Waals surface area (Å²) in [5.74, 6) is 0.219. The summed E-state index contributed by atoms with van der Waals surface area (Å²) in [4.78, 5) is 12.1. The van der Waals surface area contributed by atoms with Gasteiger partial charge in [0.2, 0.25) is 5.91 Å². The predicted molar refractivity (Wildman–Crippen MR) is 73.8 cm³/mol. The molecule has 0 atom stereocenters. The Labute approximate surface area is 114 Å². The third kappa shape index (κ3) is 3.35. The minimum absolute atomic E-state index is 0.0135. The number of benzene rings is 1. The number of sulfone groups is 1. The van der Waals surface area contributed by atoms with Gasteiger partial charge >= 0.3 is 0 Å². The van der Waals surface area contributed by atoms with Crippen molar-refractivity contribution in [3.8, 4) is 0 Å². The molecule has 4 nitrogen and oxygen atoms in total. The van der Waals surface area contributed by atoms with Gasteiger partial charge in [-0.05, 0) is 36.5 Å². The lowest BCUT2D eigenvalue weighted by Gasteiger charge is -2.17. The highest BCUT2D eigenvalue weighted by Gasteiger charge is 2.23. The van der Waals surface area contributed by atoms with Crippen LogP contribution in [0.15, 0.2) is 23.1 Å². The Balaban J connectivity index is 2.16. The SMILES string of the molecule is CCCNC(=O)Cc1ccc2c(c1)CCCS2(=O)=O. The van der Waals surface area contributed by atoms with E-state index in [4.69, 9.17) is 0 Å². The molecular weight excluding hydrogens is 262 g/mol. The molecule has 2 rings (SSSR count). The fraction of sp³-hybridized carbons (Fsp3) is 0.500. The highest BCUT2D eigenvalue weighted by Crippen LogP contribution is 2.25. The number of hydrogen-bond donors (Lipinski definition) is 1. The Morgan fingerprint density at radius 3 is 2.89 bits per heavy atom. The van der Waals surface area contributed by atoms with E-state index < -0.39 is 9.84 Å². The second-order valence-electron chi connectivity index (χ2n) is 4.89. The van der Waals surface area contributed by atoms with E-state index >= 15 is 0 Å². The molecule has 0 aliphatic carbocycles. The molecule has 0 fully saturated rings. The van der Waals surface area contributed by atoms with Crippen LogP contribution in [-0.4, -0.2) is 26.6 Å². The van der Waals surface area contributed by atoms with E-state index in [0.717, 1.165) is 24.0 Å². The zero-order valence-corrected chi connectivity index (χ0v) is 11.9. The molecule has 0 spiro atoms. The van der Waals surface area contributed by atoms with E-state index in [1.807, 2.05) is 13.0 Å². The van der Waals surface area contributed by atoms with Crippen molar-refractivity contribution < 1.29 is 13.2 Å². The van der Waals surface area contributed by atoms with Crippen molar-refractivity contribution in [2.75, 3.05) is 12.3 Å². The van der Waals surface area contributed by atoms with Crippen LogP contribution in [0.25, 0.3) is 0 Å². The second kappa shape index (κ2) is 5.74. The zero-order chi connectivity index (χ0) is 13.9. The molecule has 104 valence electrons. The number of fused-ring (bicyclic) bond motifs is 1. The molecule has 1 amide bonds. The topological polar surface area (TPSA) is 63.2 Å². The monoisotopic (exact) mass is 281 g/mol. The number of amides is 1. The number of hydrogen-bond acceptors (Lipinski definition) is 3. The smallest absolute Gasteiger partial charge is 0.224 e. The van der Waals surface area contributed by atoms with Crippen molar-refractivity contribution in [1.29, 1.82) is 0 Å². The molecule has 19 heavy (non-hydrogen) atoms. The third-order valence-electron chi connectivity index (χ3n) is 3.26. The van der Waals surface area contributed by atoms with Gasteiger partial charge in [0.1, 0.15) is 0 Å². The first-order valence-electron chi connectivity index (χ1n) is 6.64. The maximum Gasteiger partial charge on any atom is 0.224 e. The molecule has 5 heteroatoms. The van der Waals surface area contributed by atoms with Crippen LogP contribution in [0.5, 0.6) is 0 Å². The van der Waals surface area contributed by atoms with Gasteiger partial charge in [-0.2, -0.15) is 0 Å². The first-order valence-corrected chi connectivity index (χ1v) is 8.29. The lowest BCUT2D eigenvalue weighted by Crippen LogP contribution is -2.25. The van der Waals surface area contributed by atoms with Crippen molar-refractivity contribution >= 4 is 15.7 Å². The lowest BCUT2D eigenvalue weighted by atomic mass is 10.0. The number of carbonyl (C=O) groups is 1. The number of rotatable bonds is 4.